The summed E-state index contributed by atoms with van der Waals surface area (Å²) >= 11 is 0. The minimum atomic E-state index is -0.139. The number of aliphatic hydroxyl groups excluding tert-OH is 1. The Morgan fingerprint density at radius 1 is 1.26 bits per heavy atom. The summed E-state index contributed by atoms with van der Waals surface area (Å²) in [7, 11) is 3.30. The maximum absolute atomic E-state index is 9.78. The van der Waals surface area contributed by atoms with Crippen molar-refractivity contribution < 1.29 is 14.6 Å². The molecule has 0 bridgehead atoms. The molecule has 0 saturated heterocycles. The van der Waals surface area contributed by atoms with Crippen LogP contribution >= 0.6 is 0 Å². The molecule has 1 fully saturated rings. The summed E-state index contributed by atoms with van der Waals surface area (Å²) in [5.41, 5.74) is 1.08. The van der Waals surface area contributed by atoms with Crippen LogP contribution in [0.4, 0.5) is 0 Å². The summed E-state index contributed by atoms with van der Waals surface area (Å²) in [5.74, 6) is 1.92. The quantitative estimate of drug-likeness (QED) is 0.825. The highest BCUT2D eigenvalue weighted by molar-refractivity contribution is 5.46. The summed E-state index contributed by atoms with van der Waals surface area (Å²) < 4.78 is 10.7. The molecule has 4 heteroatoms. The van der Waals surface area contributed by atoms with E-state index in [1.807, 2.05) is 18.2 Å². The van der Waals surface area contributed by atoms with Crippen LogP contribution in [0.3, 0.4) is 0 Å². The standard InChI is InChI=1S/C15H23NO3/c1-18-14-8-4-6-12(15(14)19-2)10-16-9-11-5-3-7-13(11)17/h4,6,8,11,13,16-17H,3,5,7,9-10H2,1-2H3. The lowest BCUT2D eigenvalue weighted by Crippen LogP contribution is -2.27. The molecule has 1 aliphatic rings. The van der Waals surface area contributed by atoms with E-state index < -0.39 is 0 Å². The number of methoxy groups -OCH3 is 2. The van der Waals surface area contributed by atoms with Crippen molar-refractivity contribution in [3.05, 3.63) is 23.8 Å². The number of hydrogen-bond acceptors (Lipinski definition) is 4. The zero-order valence-corrected chi connectivity index (χ0v) is 11.7. The Morgan fingerprint density at radius 2 is 2.11 bits per heavy atom. The molecule has 0 aromatic heterocycles. The lowest BCUT2D eigenvalue weighted by Gasteiger charge is -2.17. The molecular formula is C15H23NO3. The van der Waals surface area contributed by atoms with Gasteiger partial charge in [0.2, 0.25) is 0 Å². The van der Waals surface area contributed by atoms with Crippen LogP contribution in [0.1, 0.15) is 24.8 Å². The van der Waals surface area contributed by atoms with Gasteiger partial charge in [-0.25, -0.2) is 0 Å². The van der Waals surface area contributed by atoms with E-state index in [0.29, 0.717) is 5.92 Å². The number of ether oxygens (including phenoxy) is 2. The third-order valence-electron chi connectivity index (χ3n) is 3.83. The highest BCUT2D eigenvalue weighted by Gasteiger charge is 2.24. The second-order valence-corrected chi connectivity index (χ2v) is 5.04. The van der Waals surface area contributed by atoms with Gasteiger partial charge in [-0.15, -0.1) is 0 Å². The van der Waals surface area contributed by atoms with Crippen molar-refractivity contribution in [2.45, 2.75) is 31.9 Å². The summed E-state index contributed by atoms with van der Waals surface area (Å²) in [5, 5.41) is 13.2. The number of aliphatic hydroxyl groups is 1. The fourth-order valence-corrected chi connectivity index (χ4v) is 2.74. The smallest absolute Gasteiger partial charge is 0.165 e. The van der Waals surface area contributed by atoms with E-state index in [1.54, 1.807) is 14.2 Å². The Labute approximate surface area is 114 Å². The average Bonchev–Trinajstić information content (AvgIpc) is 2.84. The van der Waals surface area contributed by atoms with Crippen LogP contribution in [0.5, 0.6) is 11.5 Å². The molecule has 2 atom stereocenters. The zero-order chi connectivity index (χ0) is 13.7. The Morgan fingerprint density at radius 3 is 2.74 bits per heavy atom. The maximum atomic E-state index is 9.78. The highest BCUT2D eigenvalue weighted by atomic mass is 16.5. The minimum absolute atomic E-state index is 0.139. The lowest BCUT2D eigenvalue weighted by molar-refractivity contribution is 0.131. The van der Waals surface area contributed by atoms with E-state index in [2.05, 4.69) is 5.32 Å². The molecule has 2 N–H and O–H groups in total. The third kappa shape index (κ3) is 3.39. The molecule has 106 valence electrons. The second kappa shape index (κ2) is 6.78. The normalized spacial score (nSPS) is 22.5. The molecule has 0 aliphatic heterocycles. The predicted octanol–water partition coefficient (Wildman–Crippen LogP) is 1.95. The Kier molecular flexibility index (Phi) is 5.05. The van der Waals surface area contributed by atoms with E-state index in [9.17, 15) is 5.11 Å². The van der Waals surface area contributed by atoms with Gasteiger partial charge in [0.1, 0.15) is 0 Å². The largest absolute Gasteiger partial charge is 0.493 e. The molecular weight excluding hydrogens is 242 g/mol. The van der Waals surface area contributed by atoms with Crippen LogP contribution in [0.25, 0.3) is 0 Å². The van der Waals surface area contributed by atoms with E-state index >= 15 is 0 Å². The molecule has 4 nitrogen and oxygen atoms in total. The van der Waals surface area contributed by atoms with Crippen molar-refractivity contribution in [1.82, 2.24) is 5.32 Å². The van der Waals surface area contributed by atoms with Gasteiger partial charge in [0.15, 0.2) is 11.5 Å². The van der Waals surface area contributed by atoms with Gasteiger partial charge in [-0.2, -0.15) is 0 Å². The van der Waals surface area contributed by atoms with Crippen LogP contribution in [-0.4, -0.2) is 32.0 Å². The first-order valence-electron chi connectivity index (χ1n) is 6.85. The van der Waals surface area contributed by atoms with Gasteiger partial charge in [0.25, 0.3) is 0 Å². The molecule has 1 aliphatic carbocycles. The van der Waals surface area contributed by atoms with E-state index in [0.717, 1.165) is 49.4 Å². The van der Waals surface area contributed by atoms with Crippen molar-refractivity contribution >= 4 is 0 Å². The molecule has 1 saturated carbocycles. The first kappa shape index (κ1) is 14.2. The predicted molar refractivity (Wildman–Crippen MR) is 74.6 cm³/mol. The monoisotopic (exact) mass is 265 g/mol. The van der Waals surface area contributed by atoms with Gasteiger partial charge in [-0.3, -0.25) is 0 Å². The summed E-state index contributed by atoms with van der Waals surface area (Å²) in [6.45, 7) is 1.57. The fourth-order valence-electron chi connectivity index (χ4n) is 2.74. The van der Waals surface area contributed by atoms with Gasteiger partial charge in [-0.05, 0) is 24.8 Å². The topological polar surface area (TPSA) is 50.7 Å². The Bertz CT molecular complexity index is 408. The van der Waals surface area contributed by atoms with Crippen LogP contribution in [0, 0.1) is 5.92 Å². The summed E-state index contributed by atoms with van der Waals surface area (Å²) in [6, 6.07) is 5.88. The first-order chi connectivity index (χ1) is 9.26. The number of nitrogens with one attached hydrogen (secondary N) is 1. The molecule has 19 heavy (non-hydrogen) atoms. The maximum Gasteiger partial charge on any atom is 0.165 e. The molecule has 2 unspecified atom stereocenters. The van der Waals surface area contributed by atoms with Gasteiger partial charge in [0.05, 0.1) is 20.3 Å². The molecule has 1 aromatic rings. The van der Waals surface area contributed by atoms with E-state index in [4.69, 9.17) is 9.47 Å². The van der Waals surface area contributed by atoms with Crippen LogP contribution in [0.2, 0.25) is 0 Å². The first-order valence-corrected chi connectivity index (χ1v) is 6.85. The lowest BCUT2D eigenvalue weighted by atomic mass is 10.1. The summed E-state index contributed by atoms with van der Waals surface area (Å²) in [6.07, 6.45) is 3.05. The van der Waals surface area contributed by atoms with Gasteiger partial charge in [-0.1, -0.05) is 18.6 Å². The average molecular weight is 265 g/mol. The van der Waals surface area contributed by atoms with Crippen LogP contribution in [0.15, 0.2) is 18.2 Å². The number of rotatable bonds is 6. The molecule has 0 heterocycles. The Balaban J connectivity index is 1.92. The van der Waals surface area contributed by atoms with Crippen LogP contribution in [-0.2, 0) is 6.54 Å². The number of benzene rings is 1. The van der Waals surface area contributed by atoms with E-state index in [-0.39, 0.29) is 6.10 Å². The van der Waals surface area contributed by atoms with Gasteiger partial charge >= 0.3 is 0 Å². The van der Waals surface area contributed by atoms with Gasteiger partial charge in [0, 0.05) is 18.7 Å². The molecule has 0 amide bonds. The van der Waals surface area contributed by atoms with Crippen molar-refractivity contribution in [3.8, 4) is 11.5 Å². The molecule has 0 spiro atoms. The van der Waals surface area contributed by atoms with Gasteiger partial charge < -0.3 is 19.9 Å². The van der Waals surface area contributed by atoms with Crippen molar-refractivity contribution in [2.75, 3.05) is 20.8 Å². The zero-order valence-electron chi connectivity index (χ0n) is 11.7. The number of hydrogen-bond donors (Lipinski definition) is 2. The molecule has 0 radical (unpaired) electrons. The molecule has 1 aromatic carbocycles. The SMILES string of the molecule is COc1cccc(CNCC2CCCC2O)c1OC. The van der Waals surface area contributed by atoms with Crippen LogP contribution < -0.4 is 14.8 Å². The fraction of sp³-hybridized carbons (Fsp3) is 0.600. The summed E-state index contributed by atoms with van der Waals surface area (Å²) in [4.78, 5) is 0. The van der Waals surface area contributed by atoms with Crippen molar-refractivity contribution in [2.24, 2.45) is 5.92 Å². The van der Waals surface area contributed by atoms with Crippen molar-refractivity contribution in [3.63, 3.8) is 0 Å². The molecule has 2 rings (SSSR count). The number of para-hydroxylation sites is 1. The Hall–Kier alpha value is -1.26. The van der Waals surface area contributed by atoms with E-state index in [1.165, 1.54) is 0 Å². The second-order valence-electron chi connectivity index (χ2n) is 5.04. The highest BCUT2D eigenvalue weighted by Crippen LogP contribution is 2.30. The van der Waals surface area contributed by atoms with Crippen molar-refractivity contribution in [1.29, 1.82) is 0 Å². The third-order valence-corrected chi connectivity index (χ3v) is 3.83. The minimum Gasteiger partial charge on any atom is -0.493 e.